The third-order valence-corrected chi connectivity index (χ3v) is 3.28. The molecule has 1 amide bonds. The Balaban J connectivity index is 0.00000162. The molecule has 3 nitrogen and oxygen atoms in total. The number of hydrogen-bond acceptors (Lipinski definition) is 2. The molecule has 0 aromatic heterocycles. The van der Waals surface area contributed by atoms with Crippen molar-refractivity contribution in [2.75, 3.05) is 13.6 Å². The van der Waals surface area contributed by atoms with Crippen molar-refractivity contribution in [2.24, 2.45) is 0 Å². The van der Waals surface area contributed by atoms with Gasteiger partial charge in [-0.25, -0.2) is 0 Å². The average Bonchev–Trinajstić information content (AvgIpc) is 2.81. The van der Waals surface area contributed by atoms with Crippen LogP contribution in [0.3, 0.4) is 0 Å². The Morgan fingerprint density at radius 3 is 2.94 bits per heavy atom. The van der Waals surface area contributed by atoms with Crippen LogP contribution in [0.25, 0.3) is 0 Å². The molecule has 1 unspecified atom stereocenters. The van der Waals surface area contributed by atoms with Crippen LogP contribution in [0.5, 0.6) is 0 Å². The maximum Gasteiger partial charge on any atom is 0.239 e. The van der Waals surface area contributed by atoms with E-state index < -0.39 is 0 Å². The molecule has 1 fully saturated rings. The topological polar surface area (TPSA) is 32.3 Å². The van der Waals surface area contributed by atoms with Gasteiger partial charge in [0.05, 0.1) is 6.04 Å². The van der Waals surface area contributed by atoms with Gasteiger partial charge in [-0.2, -0.15) is 0 Å². The Kier molecular flexibility index (Phi) is 5.93. The van der Waals surface area contributed by atoms with Crippen LogP contribution in [0.15, 0.2) is 24.3 Å². The van der Waals surface area contributed by atoms with E-state index in [9.17, 15) is 4.79 Å². The number of rotatable bonds is 3. The first kappa shape index (κ1) is 15.3. The summed E-state index contributed by atoms with van der Waals surface area (Å²) in [7, 11) is 1.84. The second kappa shape index (κ2) is 6.98. The fraction of sp³-hybridized carbons (Fsp3) is 0.462. The van der Waals surface area contributed by atoms with Crippen molar-refractivity contribution in [3.8, 4) is 0 Å². The van der Waals surface area contributed by atoms with Crippen LogP contribution in [0.4, 0.5) is 0 Å². The van der Waals surface area contributed by atoms with Gasteiger partial charge in [-0.1, -0.05) is 23.7 Å². The summed E-state index contributed by atoms with van der Waals surface area (Å²) in [6.07, 6.45) is 2.03. The number of hydrogen-bond donors (Lipinski definition) is 1. The highest BCUT2D eigenvalue weighted by Crippen LogP contribution is 2.14. The van der Waals surface area contributed by atoms with E-state index in [1.165, 1.54) is 0 Å². The molecule has 1 aromatic carbocycles. The summed E-state index contributed by atoms with van der Waals surface area (Å²) in [5, 5.41) is 3.93. The van der Waals surface area contributed by atoms with Crippen LogP contribution in [-0.2, 0) is 11.3 Å². The van der Waals surface area contributed by atoms with E-state index in [4.69, 9.17) is 11.6 Å². The summed E-state index contributed by atoms with van der Waals surface area (Å²) in [4.78, 5) is 13.8. The van der Waals surface area contributed by atoms with Gasteiger partial charge in [-0.15, -0.1) is 12.4 Å². The summed E-state index contributed by atoms with van der Waals surface area (Å²) in [6, 6.07) is 7.62. The Hall–Kier alpha value is -0.770. The minimum absolute atomic E-state index is 0. The summed E-state index contributed by atoms with van der Waals surface area (Å²) >= 11 is 5.92. The fourth-order valence-electron chi connectivity index (χ4n) is 2.15. The van der Waals surface area contributed by atoms with Crippen molar-refractivity contribution in [1.82, 2.24) is 10.2 Å². The zero-order chi connectivity index (χ0) is 12.3. The van der Waals surface area contributed by atoms with Crippen LogP contribution in [0.2, 0.25) is 5.02 Å². The highest BCUT2D eigenvalue weighted by Gasteiger charge is 2.24. The van der Waals surface area contributed by atoms with E-state index in [1.807, 2.05) is 31.3 Å². The van der Waals surface area contributed by atoms with Gasteiger partial charge in [0.15, 0.2) is 0 Å². The maximum atomic E-state index is 12.1. The van der Waals surface area contributed by atoms with E-state index in [0.717, 1.165) is 24.9 Å². The molecule has 0 spiro atoms. The molecule has 2 rings (SSSR count). The number of nitrogens with zero attached hydrogens (tertiary/aromatic N) is 1. The van der Waals surface area contributed by atoms with Gasteiger partial charge in [0.1, 0.15) is 0 Å². The average molecular weight is 289 g/mol. The van der Waals surface area contributed by atoms with Crippen LogP contribution in [0.1, 0.15) is 18.4 Å². The van der Waals surface area contributed by atoms with Gasteiger partial charge in [-0.05, 0) is 37.1 Å². The van der Waals surface area contributed by atoms with Gasteiger partial charge in [-0.3, -0.25) is 4.79 Å². The van der Waals surface area contributed by atoms with Crippen LogP contribution < -0.4 is 5.32 Å². The zero-order valence-electron chi connectivity index (χ0n) is 10.4. The molecule has 1 aliphatic rings. The summed E-state index contributed by atoms with van der Waals surface area (Å²) in [5.41, 5.74) is 1.06. The largest absolute Gasteiger partial charge is 0.340 e. The normalized spacial score (nSPS) is 18.2. The number of carbonyl (C=O) groups excluding carboxylic acids is 1. The highest BCUT2D eigenvalue weighted by atomic mass is 35.5. The SMILES string of the molecule is CN(Cc1cccc(Cl)c1)C(=O)C1CCCN1.Cl. The van der Waals surface area contributed by atoms with E-state index in [2.05, 4.69) is 5.32 Å². The highest BCUT2D eigenvalue weighted by molar-refractivity contribution is 6.30. The minimum atomic E-state index is -0.000755. The number of benzene rings is 1. The summed E-state index contributed by atoms with van der Waals surface area (Å²) in [5.74, 6) is 0.169. The molecular formula is C13H18Cl2N2O. The lowest BCUT2D eigenvalue weighted by molar-refractivity contribution is -0.132. The third kappa shape index (κ3) is 3.87. The van der Waals surface area contributed by atoms with E-state index in [-0.39, 0.29) is 24.4 Å². The predicted octanol–water partition coefficient (Wildman–Crippen LogP) is 2.47. The number of likely N-dealkylation sites (N-methyl/N-ethyl adjacent to an activating group) is 1. The van der Waals surface area contributed by atoms with Crippen LogP contribution in [0, 0.1) is 0 Å². The predicted molar refractivity (Wildman–Crippen MR) is 76.2 cm³/mol. The standard InChI is InChI=1S/C13H17ClN2O.ClH/c1-16(13(17)12-6-3-7-15-12)9-10-4-2-5-11(14)8-10;/h2,4-5,8,12,15H,3,6-7,9H2,1H3;1H. The van der Waals surface area contributed by atoms with Gasteiger partial charge >= 0.3 is 0 Å². The van der Waals surface area contributed by atoms with Crippen molar-refractivity contribution in [1.29, 1.82) is 0 Å². The monoisotopic (exact) mass is 288 g/mol. The second-order valence-electron chi connectivity index (χ2n) is 4.47. The molecule has 1 atom stereocenters. The smallest absolute Gasteiger partial charge is 0.239 e. The summed E-state index contributed by atoms with van der Waals surface area (Å²) < 4.78 is 0. The number of nitrogens with one attached hydrogen (secondary N) is 1. The number of halogens is 2. The van der Waals surface area contributed by atoms with Gasteiger partial charge < -0.3 is 10.2 Å². The molecule has 1 aliphatic heterocycles. The lowest BCUT2D eigenvalue weighted by Gasteiger charge is -2.21. The van der Waals surface area contributed by atoms with E-state index in [0.29, 0.717) is 11.6 Å². The first-order valence-electron chi connectivity index (χ1n) is 5.89. The lowest BCUT2D eigenvalue weighted by atomic mass is 10.1. The number of amides is 1. The molecule has 100 valence electrons. The molecule has 0 radical (unpaired) electrons. The van der Waals surface area contributed by atoms with Crippen LogP contribution in [-0.4, -0.2) is 30.4 Å². The molecule has 18 heavy (non-hydrogen) atoms. The summed E-state index contributed by atoms with van der Waals surface area (Å²) in [6.45, 7) is 1.55. The van der Waals surface area contributed by atoms with E-state index >= 15 is 0 Å². The van der Waals surface area contributed by atoms with Gasteiger partial charge in [0.2, 0.25) is 5.91 Å². The Morgan fingerprint density at radius 2 is 2.33 bits per heavy atom. The maximum absolute atomic E-state index is 12.1. The zero-order valence-corrected chi connectivity index (χ0v) is 11.9. The van der Waals surface area contributed by atoms with Gasteiger partial charge in [0, 0.05) is 18.6 Å². The first-order chi connectivity index (χ1) is 8.16. The molecule has 0 saturated carbocycles. The van der Waals surface area contributed by atoms with E-state index in [1.54, 1.807) is 4.90 Å². The molecular weight excluding hydrogens is 271 g/mol. The first-order valence-corrected chi connectivity index (χ1v) is 6.27. The van der Waals surface area contributed by atoms with Crippen LogP contribution >= 0.6 is 24.0 Å². The number of carbonyl (C=O) groups is 1. The Morgan fingerprint density at radius 1 is 1.56 bits per heavy atom. The molecule has 5 heteroatoms. The Labute approximate surface area is 119 Å². The van der Waals surface area contributed by atoms with Crippen molar-refractivity contribution in [3.63, 3.8) is 0 Å². The molecule has 1 saturated heterocycles. The molecule has 0 bridgehead atoms. The van der Waals surface area contributed by atoms with Crippen molar-refractivity contribution in [2.45, 2.75) is 25.4 Å². The second-order valence-corrected chi connectivity index (χ2v) is 4.91. The lowest BCUT2D eigenvalue weighted by Crippen LogP contribution is -2.41. The van der Waals surface area contributed by atoms with Gasteiger partial charge in [0.25, 0.3) is 0 Å². The van der Waals surface area contributed by atoms with Crippen molar-refractivity contribution < 1.29 is 4.79 Å². The molecule has 1 heterocycles. The Bertz CT molecular complexity index is 406. The minimum Gasteiger partial charge on any atom is -0.340 e. The van der Waals surface area contributed by atoms with Crippen molar-refractivity contribution >= 4 is 29.9 Å². The fourth-order valence-corrected chi connectivity index (χ4v) is 2.36. The quantitative estimate of drug-likeness (QED) is 0.927. The third-order valence-electron chi connectivity index (χ3n) is 3.04. The molecule has 1 N–H and O–H groups in total. The molecule has 1 aromatic rings. The van der Waals surface area contributed by atoms with Crippen molar-refractivity contribution in [3.05, 3.63) is 34.9 Å². The molecule has 0 aliphatic carbocycles.